The first-order chi connectivity index (χ1) is 6.24. The molecule has 0 aromatic heterocycles. The summed E-state index contributed by atoms with van der Waals surface area (Å²) in [6.07, 6.45) is 0.348. The number of aryl methyl sites for hydroxylation is 1. The molecule has 1 unspecified atom stereocenters. The van der Waals surface area contributed by atoms with Gasteiger partial charge in [0.05, 0.1) is 16.9 Å². The average molecular weight is 193 g/mol. The molecule has 0 amide bonds. The molecule has 0 heterocycles. The quantitative estimate of drug-likeness (QED) is 0.736. The maximum absolute atomic E-state index is 11.5. The first-order valence-electron chi connectivity index (χ1n) is 4.06. The molecule has 1 aromatic rings. The van der Waals surface area contributed by atoms with Crippen molar-refractivity contribution in [3.63, 3.8) is 0 Å². The van der Waals surface area contributed by atoms with Crippen LogP contribution < -0.4 is 0 Å². The Balaban J connectivity index is 2.68. The lowest BCUT2D eigenvalue weighted by Gasteiger charge is -1.99. The fourth-order valence-corrected chi connectivity index (χ4v) is 1.90. The second-order valence-corrected chi connectivity index (χ2v) is 4.34. The minimum absolute atomic E-state index is 0.348. The topological polar surface area (TPSA) is 40.9 Å². The Morgan fingerprint density at radius 3 is 2.54 bits per heavy atom. The molecule has 1 rings (SSSR count). The maximum Gasteiger partial charge on any atom is 0.0631 e. The normalized spacial score (nSPS) is 12.0. The van der Waals surface area contributed by atoms with Crippen LogP contribution in [0.25, 0.3) is 0 Å². The molecular formula is C10H11NOS. The fraction of sp³-hybridized carbons (Fsp3) is 0.300. The van der Waals surface area contributed by atoms with Crippen molar-refractivity contribution in [3.05, 3.63) is 29.8 Å². The van der Waals surface area contributed by atoms with Gasteiger partial charge in [0.1, 0.15) is 0 Å². The number of rotatable bonds is 3. The minimum atomic E-state index is -1.01. The zero-order valence-corrected chi connectivity index (χ0v) is 8.30. The third kappa shape index (κ3) is 3.00. The zero-order valence-electron chi connectivity index (χ0n) is 7.49. The fourth-order valence-electron chi connectivity index (χ4n) is 0.946. The molecule has 1 aromatic carbocycles. The first-order valence-corrected chi connectivity index (χ1v) is 5.38. The molecule has 3 heteroatoms. The molecule has 13 heavy (non-hydrogen) atoms. The van der Waals surface area contributed by atoms with Crippen LogP contribution in [0, 0.1) is 18.3 Å². The van der Waals surface area contributed by atoms with E-state index >= 15 is 0 Å². The number of nitriles is 1. The third-order valence-corrected chi connectivity index (χ3v) is 3.06. The molecule has 68 valence electrons. The summed E-state index contributed by atoms with van der Waals surface area (Å²) >= 11 is 0. The molecule has 0 spiro atoms. The van der Waals surface area contributed by atoms with E-state index in [2.05, 4.69) is 0 Å². The number of benzene rings is 1. The van der Waals surface area contributed by atoms with E-state index < -0.39 is 10.8 Å². The molecule has 0 N–H and O–H groups in total. The van der Waals surface area contributed by atoms with Gasteiger partial charge in [0.15, 0.2) is 0 Å². The highest BCUT2D eigenvalue weighted by atomic mass is 32.2. The van der Waals surface area contributed by atoms with Gasteiger partial charge in [-0.05, 0) is 19.1 Å². The summed E-state index contributed by atoms with van der Waals surface area (Å²) in [5, 5.41) is 8.32. The highest BCUT2D eigenvalue weighted by Crippen LogP contribution is 2.08. The lowest BCUT2D eigenvalue weighted by Crippen LogP contribution is -1.96. The summed E-state index contributed by atoms with van der Waals surface area (Å²) in [5.41, 5.74) is 1.15. The lowest BCUT2D eigenvalue weighted by molar-refractivity contribution is 0.683. The van der Waals surface area contributed by atoms with E-state index in [1.165, 1.54) is 0 Å². The van der Waals surface area contributed by atoms with Crippen LogP contribution in [-0.4, -0.2) is 9.96 Å². The summed E-state index contributed by atoms with van der Waals surface area (Å²) < 4.78 is 11.5. The van der Waals surface area contributed by atoms with Crippen LogP contribution in [0.15, 0.2) is 29.2 Å². The van der Waals surface area contributed by atoms with Crippen molar-refractivity contribution in [1.82, 2.24) is 0 Å². The standard InChI is InChI=1S/C10H11NOS/c1-9-3-5-10(6-4-9)13(12)8-2-7-11/h3-6H,2,8H2,1H3. The second kappa shape index (κ2) is 4.78. The van der Waals surface area contributed by atoms with Gasteiger partial charge in [-0.1, -0.05) is 17.7 Å². The highest BCUT2D eigenvalue weighted by Gasteiger charge is 2.01. The molecule has 0 saturated heterocycles. The molecule has 0 bridgehead atoms. The van der Waals surface area contributed by atoms with Crippen molar-refractivity contribution in [2.24, 2.45) is 0 Å². The second-order valence-electron chi connectivity index (χ2n) is 2.77. The average Bonchev–Trinajstić information content (AvgIpc) is 2.15. The number of hydrogen-bond donors (Lipinski definition) is 0. The Labute approximate surface area is 80.7 Å². The lowest BCUT2D eigenvalue weighted by atomic mass is 10.2. The largest absolute Gasteiger partial charge is 0.254 e. The van der Waals surface area contributed by atoms with Gasteiger partial charge >= 0.3 is 0 Å². The summed E-state index contributed by atoms with van der Waals surface area (Å²) in [5.74, 6) is 0.430. The van der Waals surface area contributed by atoms with Gasteiger partial charge in [0, 0.05) is 17.1 Å². The Morgan fingerprint density at radius 1 is 1.38 bits per heavy atom. The Kier molecular flexibility index (Phi) is 3.66. The van der Waals surface area contributed by atoms with E-state index in [1.54, 1.807) is 0 Å². The van der Waals surface area contributed by atoms with Gasteiger partial charge in [0.2, 0.25) is 0 Å². The van der Waals surface area contributed by atoms with Crippen molar-refractivity contribution >= 4 is 10.8 Å². The minimum Gasteiger partial charge on any atom is -0.254 e. The smallest absolute Gasteiger partial charge is 0.0631 e. The number of nitrogens with zero attached hydrogens (tertiary/aromatic N) is 1. The van der Waals surface area contributed by atoms with E-state index in [0.29, 0.717) is 12.2 Å². The number of hydrogen-bond acceptors (Lipinski definition) is 2. The molecule has 0 aliphatic rings. The molecule has 0 radical (unpaired) electrons. The van der Waals surface area contributed by atoms with Crippen LogP contribution >= 0.6 is 0 Å². The van der Waals surface area contributed by atoms with Gasteiger partial charge in [0.25, 0.3) is 0 Å². The third-order valence-electron chi connectivity index (χ3n) is 1.68. The van der Waals surface area contributed by atoms with Crippen LogP contribution in [0.5, 0.6) is 0 Å². The van der Waals surface area contributed by atoms with Gasteiger partial charge < -0.3 is 0 Å². The molecular weight excluding hydrogens is 182 g/mol. The summed E-state index contributed by atoms with van der Waals surface area (Å²) in [4.78, 5) is 0.806. The first kappa shape index (κ1) is 9.94. The summed E-state index contributed by atoms with van der Waals surface area (Å²) in [7, 11) is -1.01. The molecule has 0 aliphatic carbocycles. The molecule has 0 aliphatic heterocycles. The van der Waals surface area contributed by atoms with Crippen molar-refractivity contribution in [3.8, 4) is 6.07 Å². The van der Waals surface area contributed by atoms with Gasteiger partial charge in [-0.3, -0.25) is 4.21 Å². The SMILES string of the molecule is Cc1ccc(S(=O)CCC#N)cc1. The van der Waals surface area contributed by atoms with Crippen LogP contribution in [-0.2, 0) is 10.8 Å². The van der Waals surface area contributed by atoms with E-state index in [-0.39, 0.29) is 0 Å². The van der Waals surface area contributed by atoms with E-state index in [1.807, 2.05) is 37.3 Å². The zero-order chi connectivity index (χ0) is 9.68. The molecule has 1 atom stereocenters. The van der Waals surface area contributed by atoms with Crippen LogP contribution in [0.1, 0.15) is 12.0 Å². The van der Waals surface area contributed by atoms with Crippen molar-refractivity contribution in [2.45, 2.75) is 18.2 Å². The van der Waals surface area contributed by atoms with Gasteiger partial charge in [-0.15, -0.1) is 0 Å². The van der Waals surface area contributed by atoms with Crippen LogP contribution in [0.2, 0.25) is 0 Å². The van der Waals surface area contributed by atoms with Crippen LogP contribution in [0.3, 0.4) is 0 Å². The van der Waals surface area contributed by atoms with Crippen LogP contribution in [0.4, 0.5) is 0 Å². The maximum atomic E-state index is 11.5. The summed E-state index contributed by atoms with van der Waals surface area (Å²) in [6.45, 7) is 1.99. The Morgan fingerprint density at radius 2 is 2.00 bits per heavy atom. The monoisotopic (exact) mass is 193 g/mol. The van der Waals surface area contributed by atoms with Gasteiger partial charge in [-0.25, -0.2) is 0 Å². The van der Waals surface area contributed by atoms with E-state index in [9.17, 15) is 4.21 Å². The van der Waals surface area contributed by atoms with E-state index in [4.69, 9.17) is 5.26 Å². The van der Waals surface area contributed by atoms with Crippen molar-refractivity contribution < 1.29 is 4.21 Å². The van der Waals surface area contributed by atoms with Gasteiger partial charge in [-0.2, -0.15) is 5.26 Å². The molecule has 0 fully saturated rings. The van der Waals surface area contributed by atoms with Crippen molar-refractivity contribution in [2.75, 3.05) is 5.75 Å². The Hall–Kier alpha value is -1.14. The van der Waals surface area contributed by atoms with Crippen molar-refractivity contribution in [1.29, 1.82) is 5.26 Å². The molecule has 2 nitrogen and oxygen atoms in total. The highest BCUT2D eigenvalue weighted by molar-refractivity contribution is 7.85. The predicted molar refractivity (Wildman–Crippen MR) is 52.7 cm³/mol. The predicted octanol–water partition coefficient (Wildman–Crippen LogP) is 2.02. The van der Waals surface area contributed by atoms with E-state index in [0.717, 1.165) is 10.5 Å². The molecule has 0 saturated carbocycles. The Bertz CT molecular complexity index is 337. The summed E-state index contributed by atoms with van der Waals surface area (Å²) in [6, 6.07) is 9.55.